The highest BCUT2D eigenvalue weighted by Crippen LogP contribution is 2.34. The topological polar surface area (TPSA) is 30.3 Å². The van der Waals surface area contributed by atoms with Crippen LogP contribution in [0.15, 0.2) is 42.5 Å². The van der Waals surface area contributed by atoms with Gasteiger partial charge in [-0.15, -0.1) is 0 Å². The fourth-order valence-corrected chi connectivity index (χ4v) is 5.12. The van der Waals surface area contributed by atoms with Crippen molar-refractivity contribution in [1.29, 1.82) is 0 Å². The Labute approximate surface area is 225 Å². The molecule has 3 rings (SSSR count). The van der Waals surface area contributed by atoms with Crippen LogP contribution in [0.25, 0.3) is 11.4 Å². The fourth-order valence-electron chi connectivity index (χ4n) is 4.87. The van der Waals surface area contributed by atoms with Crippen molar-refractivity contribution in [3.63, 3.8) is 0 Å². The molecule has 0 saturated heterocycles. The summed E-state index contributed by atoms with van der Waals surface area (Å²) in [6.07, 6.45) is 4.08. The molecule has 0 fully saturated rings. The van der Waals surface area contributed by atoms with Gasteiger partial charge in [0.25, 0.3) is 0 Å². The number of ether oxygens (including phenoxy) is 1. The molecule has 0 spiro atoms. The van der Waals surface area contributed by atoms with Crippen molar-refractivity contribution in [2.45, 2.75) is 86.0 Å². The normalized spacial score (nSPS) is 12.6. The molecule has 202 valence electrons. The summed E-state index contributed by atoms with van der Waals surface area (Å²) in [7, 11) is 2.10. The molecule has 3 aromatic rings. The quantitative estimate of drug-likeness (QED) is 0.221. The lowest BCUT2D eigenvalue weighted by molar-refractivity contribution is -0.0498. The molecular weight excluding hydrogens is 492 g/mol. The predicted octanol–water partition coefficient (Wildman–Crippen LogP) is 8.83. The lowest BCUT2D eigenvalue weighted by Crippen LogP contribution is -2.26. The molecule has 1 unspecified atom stereocenters. The monoisotopic (exact) mass is 531 g/mol. The van der Waals surface area contributed by atoms with E-state index >= 15 is 0 Å². The van der Waals surface area contributed by atoms with Crippen molar-refractivity contribution in [3.05, 3.63) is 70.0 Å². The maximum Gasteiger partial charge on any atom is 0.387 e. The third kappa shape index (κ3) is 7.55. The van der Waals surface area contributed by atoms with Crippen molar-refractivity contribution in [2.24, 2.45) is 5.92 Å². The zero-order valence-electron chi connectivity index (χ0n) is 22.9. The molecule has 0 radical (unpaired) electrons. The third-order valence-electron chi connectivity index (χ3n) is 6.90. The number of aromatic nitrogens is 2. The first-order chi connectivity index (χ1) is 17.6. The van der Waals surface area contributed by atoms with Crippen LogP contribution in [-0.4, -0.2) is 28.1 Å². The average Bonchev–Trinajstić information content (AvgIpc) is 3.12. The Morgan fingerprint density at radius 3 is 2.24 bits per heavy atom. The lowest BCUT2D eigenvalue weighted by atomic mass is 9.96. The van der Waals surface area contributed by atoms with Crippen molar-refractivity contribution >= 4 is 11.6 Å². The summed E-state index contributed by atoms with van der Waals surface area (Å²) in [5.74, 6) is 1.64. The van der Waals surface area contributed by atoms with Crippen molar-refractivity contribution < 1.29 is 13.5 Å². The Bertz CT molecular complexity index is 1120. The highest BCUT2D eigenvalue weighted by atomic mass is 35.5. The van der Waals surface area contributed by atoms with E-state index in [1.54, 1.807) is 12.1 Å². The first-order valence-corrected chi connectivity index (χ1v) is 13.6. The van der Waals surface area contributed by atoms with Crippen molar-refractivity contribution in [2.75, 3.05) is 7.05 Å². The smallest absolute Gasteiger partial charge is 0.387 e. The van der Waals surface area contributed by atoms with Crippen LogP contribution in [0.1, 0.15) is 74.9 Å². The molecule has 0 saturated carbocycles. The first kappa shape index (κ1) is 29.1. The molecule has 0 amide bonds. The van der Waals surface area contributed by atoms with Crippen LogP contribution in [0, 0.1) is 19.8 Å². The maximum atomic E-state index is 12.6. The standard InChI is InChI=1S/C30H40ClF2N3O/c1-7-8-18-36-26(28(31)34-29(36)27-21(4)10-9-11-22(27)5)19-35(6)25(17-12-20(2)3)23-13-15-24(16-14-23)37-30(32)33/h9-11,13-16,20,25,30H,7-8,12,17-19H2,1-6H3. The van der Waals surface area contributed by atoms with Gasteiger partial charge in [0.2, 0.25) is 0 Å². The number of unbranched alkanes of at least 4 members (excludes halogenated alkanes) is 1. The second-order valence-electron chi connectivity index (χ2n) is 10.3. The minimum atomic E-state index is -2.83. The van der Waals surface area contributed by atoms with Crippen LogP contribution >= 0.6 is 11.6 Å². The van der Waals surface area contributed by atoms with Gasteiger partial charge in [-0.25, -0.2) is 4.98 Å². The van der Waals surface area contributed by atoms with Crippen LogP contribution < -0.4 is 4.74 Å². The SMILES string of the molecule is CCCCn1c(-c2c(C)cccc2C)nc(Cl)c1CN(C)C(CCC(C)C)c1ccc(OC(F)F)cc1. The molecule has 4 nitrogen and oxygen atoms in total. The number of hydrogen-bond acceptors (Lipinski definition) is 3. The average molecular weight is 532 g/mol. The summed E-state index contributed by atoms with van der Waals surface area (Å²) >= 11 is 6.83. The van der Waals surface area contributed by atoms with Crippen molar-refractivity contribution in [1.82, 2.24) is 14.5 Å². The molecule has 0 bridgehead atoms. The van der Waals surface area contributed by atoms with Gasteiger partial charge in [-0.1, -0.05) is 69.1 Å². The van der Waals surface area contributed by atoms with Gasteiger partial charge in [-0.2, -0.15) is 8.78 Å². The number of imidazole rings is 1. The van der Waals surface area contributed by atoms with E-state index in [9.17, 15) is 8.78 Å². The molecule has 1 heterocycles. The van der Waals surface area contributed by atoms with Crippen molar-refractivity contribution in [3.8, 4) is 17.1 Å². The second-order valence-corrected chi connectivity index (χ2v) is 10.7. The summed E-state index contributed by atoms with van der Waals surface area (Å²) in [5, 5.41) is 0.531. The predicted molar refractivity (Wildman–Crippen MR) is 148 cm³/mol. The second kappa shape index (κ2) is 13.4. The van der Waals surface area contributed by atoms with Crippen LogP contribution in [0.5, 0.6) is 5.75 Å². The molecule has 1 aromatic heterocycles. The number of benzene rings is 2. The van der Waals surface area contributed by atoms with E-state index in [1.807, 2.05) is 12.1 Å². The summed E-state index contributed by atoms with van der Waals surface area (Å²) in [6, 6.07) is 13.4. The molecule has 0 aliphatic heterocycles. The van der Waals surface area contributed by atoms with Crippen LogP contribution in [0.3, 0.4) is 0 Å². The summed E-state index contributed by atoms with van der Waals surface area (Å²) in [5.41, 5.74) is 5.57. The summed E-state index contributed by atoms with van der Waals surface area (Å²) in [4.78, 5) is 7.16. The Morgan fingerprint density at radius 1 is 1.03 bits per heavy atom. The zero-order valence-corrected chi connectivity index (χ0v) is 23.7. The number of nitrogens with zero attached hydrogens (tertiary/aromatic N) is 3. The van der Waals surface area contributed by atoms with Gasteiger partial charge in [-0.05, 0) is 74.9 Å². The Morgan fingerprint density at radius 2 is 1.68 bits per heavy atom. The molecule has 0 N–H and O–H groups in total. The first-order valence-electron chi connectivity index (χ1n) is 13.2. The van der Waals surface area contributed by atoms with Gasteiger partial charge in [0.05, 0.1) is 5.69 Å². The molecule has 7 heteroatoms. The fraction of sp³-hybridized carbons (Fsp3) is 0.500. The van der Waals surface area contributed by atoms with E-state index in [0.29, 0.717) is 17.6 Å². The van der Waals surface area contributed by atoms with Gasteiger partial charge in [0.15, 0.2) is 5.15 Å². The van der Waals surface area contributed by atoms with Crippen LogP contribution in [0.2, 0.25) is 5.15 Å². The molecule has 1 atom stereocenters. The van der Waals surface area contributed by atoms with E-state index in [1.165, 1.54) is 11.1 Å². The van der Waals surface area contributed by atoms with Crippen LogP contribution in [-0.2, 0) is 13.1 Å². The Balaban J connectivity index is 1.97. The van der Waals surface area contributed by atoms with Gasteiger partial charge < -0.3 is 9.30 Å². The van der Waals surface area contributed by atoms with E-state index in [-0.39, 0.29) is 11.8 Å². The van der Waals surface area contributed by atoms with E-state index in [0.717, 1.165) is 54.9 Å². The summed E-state index contributed by atoms with van der Waals surface area (Å²) < 4.78 is 32.1. The largest absolute Gasteiger partial charge is 0.435 e. The summed E-state index contributed by atoms with van der Waals surface area (Å²) in [6.45, 7) is 9.48. The lowest BCUT2D eigenvalue weighted by Gasteiger charge is -2.30. The number of halogens is 3. The molecule has 0 aliphatic rings. The van der Waals surface area contributed by atoms with E-state index < -0.39 is 6.61 Å². The third-order valence-corrected chi connectivity index (χ3v) is 7.21. The minimum Gasteiger partial charge on any atom is -0.435 e. The van der Waals surface area contributed by atoms with Gasteiger partial charge >= 0.3 is 6.61 Å². The zero-order chi connectivity index (χ0) is 27.1. The van der Waals surface area contributed by atoms with Gasteiger partial charge in [-0.3, -0.25) is 4.90 Å². The Hall–Kier alpha value is -2.44. The molecule has 2 aromatic carbocycles. The number of alkyl halides is 2. The maximum absolute atomic E-state index is 12.6. The number of rotatable bonds is 13. The Kier molecular flexibility index (Phi) is 10.5. The van der Waals surface area contributed by atoms with Gasteiger partial charge in [0, 0.05) is 24.7 Å². The van der Waals surface area contributed by atoms with E-state index in [4.69, 9.17) is 16.6 Å². The molecule has 37 heavy (non-hydrogen) atoms. The van der Waals surface area contributed by atoms with Crippen LogP contribution in [0.4, 0.5) is 8.78 Å². The minimum absolute atomic E-state index is 0.0947. The highest BCUT2D eigenvalue weighted by molar-refractivity contribution is 6.30. The molecule has 0 aliphatic carbocycles. The number of hydrogen-bond donors (Lipinski definition) is 0. The number of aryl methyl sites for hydroxylation is 2. The van der Waals surface area contributed by atoms with Gasteiger partial charge in [0.1, 0.15) is 11.6 Å². The highest BCUT2D eigenvalue weighted by Gasteiger charge is 2.24. The molecular formula is C30H40ClF2N3O. The van der Waals surface area contributed by atoms with E-state index in [2.05, 4.69) is 74.1 Å².